The van der Waals surface area contributed by atoms with E-state index in [9.17, 15) is 38.4 Å². The molecule has 0 saturated heterocycles. The van der Waals surface area contributed by atoms with Gasteiger partial charge in [0.2, 0.25) is 11.8 Å². The summed E-state index contributed by atoms with van der Waals surface area (Å²) < 4.78 is 8.86. The van der Waals surface area contributed by atoms with Crippen molar-refractivity contribution in [2.24, 2.45) is 0 Å². The Balaban J connectivity index is 1.64. The van der Waals surface area contributed by atoms with E-state index in [0.717, 1.165) is 14.2 Å². The molecule has 0 atom stereocenters. The summed E-state index contributed by atoms with van der Waals surface area (Å²) in [6.45, 7) is -2.26. The van der Waals surface area contributed by atoms with Crippen LogP contribution in [-0.4, -0.2) is 97.6 Å². The van der Waals surface area contributed by atoms with Crippen molar-refractivity contribution in [3.63, 3.8) is 0 Å². The molecule has 6 amide bonds. The summed E-state index contributed by atoms with van der Waals surface area (Å²) in [5.41, 5.74) is -0.0339. The van der Waals surface area contributed by atoms with Gasteiger partial charge in [-0.25, -0.2) is 0 Å². The SMILES string of the molecule is COC(=O)CNC(=O)CN1C(=O)c2ccc3c4c(ccc(c24)C1=O)C(=O)N(CC(=O)NCC(=O)OC)C3=O. The molecule has 0 spiro atoms. The molecule has 0 unspecified atom stereocenters. The molecule has 2 heterocycles. The van der Waals surface area contributed by atoms with Crippen LogP contribution < -0.4 is 10.6 Å². The third-order valence-electron chi connectivity index (χ3n) is 5.98. The van der Waals surface area contributed by atoms with E-state index in [4.69, 9.17) is 0 Å². The molecule has 2 aromatic rings. The van der Waals surface area contributed by atoms with Crippen molar-refractivity contribution >= 4 is 58.2 Å². The third-order valence-corrected chi connectivity index (χ3v) is 5.98. The number of methoxy groups -OCH3 is 2. The van der Waals surface area contributed by atoms with E-state index in [2.05, 4.69) is 20.1 Å². The number of hydrogen-bond acceptors (Lipinski definition) is 10. The number of hydrogen-bond donors (Lipinski definition) is 2. The Morgan fingerprint density at radius 1 is 0.605 bits per heavy atom. The molecule has 2 aliphatic heterocycles. The molecule has 14 heteroatoms. The zero-order valence-electron chi connectivity index (χ0n) is 20.1. The van der Waals surface area contributed by atoms with Gasteiger partial charge in [-0.05, 0) is 24.3 Å². The molecule has 0 aromatic heterocycles. The summed E-state index contributed by atoms with van der Waals surface area (Å²) in [6, 6.07) is 5.18. The van der Waals surface area contributed by atoms with Crippen molar-refractivity contribution in [1.82, 2.24) is 20.4 Å². The van der Waals surface area contributed by atoms with Crippen LogP contribution >= 0.6 is 0 Å². The lowest BCUT2D eigenvalue weighted by molar-refractivity contribution is -0.141. The van der Waals surface area contributed by atoms with Gasteiger partial charge in [-0.1, -0.05) is 0 Å². The largest absolute Gasteiger partial charge is 0.468 e. The van der Waals surface area contributed by atoms with Gasteiger partial charge in [0, 0.05) is 33.0 Å². The summed E-state index contributed by atoms with van der Waals surface area (Å²) >= 11 is 0. The van der Waals surface area contributed by atoms with Crippen molar-refractivity contribution in [2.45, 2.75) is 0 Å². The van der Waals surface area contributed by atoms with Crippen LogP contribution in [0, 0.1) is 0 Å². The second-order valence-electron chi connectivity index (χ2n) is 8.17. The van der Waals surface area contributed by atoms with Crippen LogP contribution in [0.3, 0.4) is 0 Å². The molecular formula is C24H20N4O10. The first-order valence-electron chi connectivity index (χ1n) is 11.1. The number of imide groups is 2. The maximum Gasteiger partial charge on any atom is 0.325 e. The van der Waals surface area contributed by atoms with E-state index in [0.29, 0.717) is 9.80 Å². The van der Waals surface area contributed by atoms with Crippen LogP contribution in [0.15, 0.2) is 24.3 Å². The Kier molecular flexibility index (Phi) is 6.88. The van der Waals surface area contributed by atoms with Crippen molar-refractivity contribution in [2.75, 3.05) is 40.4 Å². The van der Waals surface area contributed by atoms with Crippen LogP contribution in [0.2, 0.25) is 0 Å². The first-order valence-corrected chi connectivity index (χ1v) is 11.1. The molecule has 196 valence electrons. The van der Waals surface area contributed by atoms with Crippen LogP contribution in [0.25, 0.3) is 10.8 Å². The molecule has 0 fully saturated rings. The zero-order valence-corrected chi connectivity index (χ0v) is 20.1. The molecule has 2 aromatic carbocycles. The molecule has 0 saturated carbocycles. The molecule has 38 heavy (non-hydrogen) atoms. The molecule has 0 bridgehead atoms. The van der Waals surface area contributed by atoms with E-state index < -0.39 is 73.6 Å². The highest BCUT2D eigenvalue weighted by molar-refractivity contribution is 6.33. The second-order valence-corrected chi connectivity index (χ2v) is 8.17. The van der Waals surface area contributed by atoms with Gasteiger partial charge in [0.1, 0.15) is 26.2 Å². The van der Waals surface area contributed by atoms with E-state index in [1.54, 1.807) is 0 Å². The molecule has 2 aliphatic rings. The number of rotatable bonds is 8. The average Bonchev–Trinajstić information content (AvgIpc) is 2.92. The lowest BCUT2D eigenvalue weighted by Crippen LogP contribution is -2.48. The Morgan fingerprint density at radius 2 is 0.895 bits per heavy atom. The standard InChI is InChI=1S/C24H20N4O10/c1-37-17(31)7-25-15(29)9-27-21(33)11-3-5-13-20-14(6-4-12(19(11)20)22(27)34)24(36)28(23(13)35)10-16(30)26-8-18(32)38-2/h3-6H,7-10H2,1-2H3,(H,25,29)(H,26,30). The van der Waals surface area contributed by atoms with Gasteiger partial charge in [0.25, 0.3) is 23.6 Å². The van der Waals surface area contributed by atoms with Crippen LogP contribution in [0.4, 0.5) is 0 Å². The number of ether oxygens (including phenoxy) is 2. The quantitative estimate of drug-likeness (QED) is 0.308. The molecule has 14 nitrogen and oxygen atoms in total. The van der Waals surface area contributed by atoms with E-state index >= 15 is 0 Å². The monoisotopic (exact) mass is 524 g/mol. The average molecular weight is 524 g/mol. The highest BCUT2D eigenvalue weighted by atomic mass is 16.5. The maximum atomic E-state index is 13.2. The molecule has 4 rings (SSSR count). The van der Waals surface area contributed by atoms with Crippen molar-refractivity contribution in [3.05, 3.63) is 46.5 Å². The minimum Gasteiger partial charge on any atom is -0.468 e. The normalized spacial score (nSPS) is 13.9. The lowest BCUT2D eigenvalue weighted by Gasteiger charge is -2.31. The summed E-state index contributed by atoms with van der Waals surface area (Å²) in [4.78, 5) is 101. The van der Waals surface area contributed by atoms with Crippen molar-refractivity contribution in [1.29, 1.82) is 0 Å². The second kappa shape index (κ2) is 10.1. The fourth-order valence-electron chi connectivity index (χ4n) is 4.15. The van der Waals surface area contributed by atoms with Crippen LogP contribution in [-0.2, 0) is 28.7 Å². The predicted molar refractivity (Wildman–Crippen MR) is 125 cm³/mol. The number of carbonyl (C=O) groups is 8. The molecular weight excluding hydrogens is 504 g/mol. The maximum absolute atomic E-state index is 13.2. The van der Waals surface area contributed by atoms with E-state index in [1.807, 2.05) is 0 Å². The first kappa shape index (κ1) is 25.9. The van der Waals surface area contributed by atoms with Gasteiger partial charge in [0.05, 0.1) is 14.2 Å². The van der Waals surface area contributed by atoms with Crippen LogP contribution in [0.1, 0.15) is 41.4 Å². The topological polar surface area (TPSA) is 186 Å². The number of benzene rings is 2. The van der Waals surface area contributed by atoms with Gasteiger partial charge in [0.15, 0.2) is 0 Å². The zero-order chi connectivity index (χ0) is 27.7. The van der Waals surface area contributed by atoms with Gasteiger partial charge in [-0.3, -0.25) is 48.2 Å². The van der Waals surface area contributed by atoms with Gasteiger partial charge >= 0.3 is 11.9 Å². The smallest absolute Gasteiger partial charge is 0.325 e. The molecule has 0 radical (unpaired) electrons. The van der Waals surface area contributed by atoms with E-state index in [1.165, 1.54) is 24.3 Å². The Labute approximate surface area is 213 Å². The highest BCUT2D eigenvalue weighted by Gasteiger charge is 2.40. The van der Waals surface area contributed by atoms with E-state index in [-0.39, 0.29) is 33.0 Å². The fourth-order valence-corrected chi connectivity index (χ4v) is 4.15. The summed E-state index contributed by atoms with van der Waals surface area (Å²) in [5, 5.41) is 4.65. The fraction of sp³-hybridized carbons (Fsp3) is 0.250. The number of nitrogens with one attached hydrogen (secondary N) is 2. The summed E-state index contributed by atoms with van der Waals surface area (Å²) in [7, 11) is 2.27. The van der Waals surface area contributed by atoms with Crippen LogP contribution in [0.5, 0.6) is 0 Å². The molecule has 0 aliphatic carbocycles. The number of amides is 6. The van der Waals surface area contributed by atoms with Gasteiger partial charge in [-0.2, -0.15) is 0 Å². The Hall–Kier alpha value is -5.14. The van der Waals surface area contributed by atoms with Crippen molar-refractivity contribution < 1.29 is 47.8 Å². The lowest BCUT2D eigenvalue weighted by atomic mass is 9.86. The minimum atomic E-state index is -0.830. The number of esters is 2. The third kappa shape index (κ3) is 4.42. The molecule has 2 N–H and O–H groups in total. The van der Waals surface area contributed by atoms with Gasteiger partial charge in [-0.15, -0.1) is 0 Å². The van der Waals surface area contributed by atoms with Gasteiger partial charge < -0.3 is 20.1 Å². The number of carbonyl (C=O) groups excluding carboxylic acids is 8. The van der Waals surface area contributed by atoms with Crippen molar-refractivity contribution in [3.8, 4) is 0 Å². The Bertz CT molecular complexity index is 1280. The number of nitrogens with zero attached hydrogens (tertiary/aromatic N) is 2. The highest BCUT2D eigenvalue weighted by Crippen LogP contribution is 2.37. The summed E-state index contributed by atoms with van der Waals surface area (Å²) in [6.07, 6.45) is 0. The summed E-state index contributed by atoms with van der Waals surface area (Å²) in [5.74, 6) is -6.32. The predicted octanol–water partition coefficient (Wildman–Crippen LogP) is -1.39. The first-order chi connectivity index (χ1) is 18.1. The minimum absolute atomic E-state index is 0.00848. The Morgan fingerprint density at radius 3 is 1.16 bits per heavy atom.